The highest BCUT2D eigenvalue weighted by Gasteiger charge is 2.33. The van der Waals surface area contributed by atoms with Crippen LogP contribution in [0.3, 0.4) is 0 Å². The van der Waals surface area contributed by atoms with E-state index in [1.54, 1.807) is 0 Å². The van der Waals surface area contributed by atoms with Crippen LogP contribution in [0.1, 0.15) is 62.0 Å². The summed E-state index contributed by atoms with van der Waals surface area (Å²) in [4.78, 5) is 15.1. The average Bonchev–Trinajstić information content (AvgIpc) is 2.93. The van der Waals surface area contributed by atoms with Crippen molar-refractivity contribution in [2.24, 2.45) is 0 Å². The molecule has 0 spiro atoms. The topological polar surface area (TPSA) is 67.6 Å². The number of hydrogen-bond donors (Lipinski definition) is 1. The molecule has 6 heteroatoms. The van der Waals surface area contributed by atoms with Crippen molar-refractivity contribution < 1.29 is 14.6 Å². The molecule has 0 aromatic carbocycles. The highest BCUT2D eigenvalue weighted by molar-refractivity contribution is 5.95. The van der Waals surface area contributed by atoms with E-state index < -0.39 is 0 Å². The Morgan fingerprint density at radius 2 is 2.25 bits per heavy atom. The van der Waals surface area contributed by atoms with Crippen LogP contribution in [0, 0.1) is 6.92 Å². The van der Waals surface area contributed by atoms with Gasteiger partial charge >= 0.3 is 0 Å². The van der Waals surface area contributed by atoms with Crippen LogP contribution in [0.4, 0.5) is 0 Å². The van der Waals surface area contributed by atoms with Gasteiger partial charge in [0, 0.05) is 18.8 Å². The van der Waals surface area contributed by atoms with E-state index in [-0.39, 0.29) is 24.6 Å². The third-order valence-electron chi connectivity index (χ3n) is 4.73. The molecule has 0 unspecified atom stereocenters. The van der Waals surface area contributed by atoms with Crippen molar-refractivity contribution in [2.45, 2.75) is 71.5 Å². The van der Waals surface area contributed by atoms with Crippen molar-refractivity contribution in [3.8, 4) is 0 Å². The standard InChI is InChI=1S/C18H31N3O3/c1-4-5-9-20-12-17(15(3)19-20)18(23)21-14(2)7-6-8-16(21)13-24-11-10-22/h12,14,16,22H,4-11,13H2,1-3H3/t14-,16-/m0/s1. The molecule has 2 heterocycles. The number of nitrogens with zero attached hydrogens (tertiary/aromatic N) is 3. The van der Waals surface area contributed by atoms with Gasteiger partial charge in [0.25, 0.3) is 5.91 Å². The van der Waals surface area contributed by atoms with E-state index in [0.717, 1.165) is 44.3 Å². The lowest BCUT2D eigenvalue weighted by atomic mass is 9.95. The third-order valence-corrected chi connectivity index (χ3v) is 4.73. The van der Waals surface area contributed by atoms with Crippen molar-refractivity contribution >= 4 is 5.91 Å². The van der Waals surface area contributed by atoms with Crippen molar-refractivity contribution in [3.63, 3.8) is 0 Å². The quantitative estimate of drug-likeness (QED) is 0.740. The normalized spacial score (nSPS) is 21.2. The maximum atomic E-state index is 13.1. The molecule has 1 aliphatic rings. The number of aryl methyl sites for hydroxylation is 2. The number of likely N-dealkylation sites (tertiary alicyclic amines) is 1. The molecule has 1 saturated heterocycles. The van der Waals surface area contributed by atoms with Crippen LogP contribution in [0.15, 0.2) is 6.20 Å². The summed E-state index contributed by atoms with van der Waals surface area (Å²) in [6, 6.07) is 0.276. The van der Waals surface area contributed by atoms with Gasteiger partial charge < -0.3 is 14.7 Å². The Balaban J connectivity index is 2.13. The van der Waals surface area contributed by atoms with Gasteiger partial charge in [-0.1, -0.05) is 13.3 Å². The number of amides is 1. The second-order valence-corrected chi connectivity index (χ2v) is 6.69. The molecular formula is C18H31N3O3. The Hall–Kier alpha value is -1.40. The largest absolute Gasteiger partial charge is 0.394 e. The molecule has 1 aromatic rings. The smallest absolute Gasteiger partial charge is 0.257 e. The van der Waals surface area contributed by atoms with E-state index in [4.69, 9.17) is 9.84 Å². The van der Waals surface area contributed by atoms with E-state index in [0.29, 0.717) is 18.8 Å². The second-order valence-electron chi connectivity index (χ2n) is 6.69. The number of carbonyl (C=O) groups excluding carboxylic acids is 1. The number of aromatic nitrogens is 2. The summed E-state index contributed by atoms with van der Waals surface area (Å²) < 4.78 is 7.40. The first-order valence-electron chi connectivity index (χ1n) is 9.13. The number of ether oxygens (including phenoxy) is 1. The minimum atomic E-state index is 0.0134. The summed E-state index contributed by atoms with van der Waals surface area (Å²) in [5.41, 5.74) is 1.50. The highest BCUT2D eigenvalue weighted by Crippen LogP contribution is 2.26. The molecule has 0 radical (unpaired) electrons. The number of rotatable bonds is 8. The molecule has 0 bridgehead atoms. The van der Waals surface area contributed by atoms with Gasteiger partial charge in [0.15, 0.2) is 0 Å². The lowest BCUT2D eigenvalue weighted by Gasteiger charge is -2.40. The van der Waals surface area contributed by atoms with E-state index in [2.05, 4.69) is 18.9 Å². The minimum Gasteiger partial charge on any atom is -0.394 e. The predicted octanol–water partition coefficient (Wildman–Crippen LogP) is 2.38. The zero-order valence-corrected chi connectivity index (χ0v) is 15.2. The van der Waals surface area contributed by atoms with E-state index in [1.807, 2.05) is 22.7 Å². The number of carbonyl (C=O) groups is 1. The molecule has 2 rings (SSSR count). The number of aliphatic hydroxyl groups excluding tert-OH is 1. The Morgan fingerprint density at radius 1 is 1.46 bits per heavy atom. The van der Waals surface area contributed by atoms with Gasteiger partial charge in [0.1, 0.15) is 0 Å². The molecule has 24 heavy (non-hydrogen) atoms. The summed E-state index contributed by atoms with van der Waals surface area (Å²) in [5.74, 6) is 0.0556. The van der Waals surface area contributed by atoms with Crippen LogP contribution in [-0.4, -0.2) is 57.6 Å². The average molecular weight is 337 g/mol. The zero-order valence-electron chi connectivity index (χ0n) is 15.2. The molecule has 2 atom stereocenters. The predicted molar refractivity (Wildman–Crippen MR) is 93.0 cm³/mol. The Labute approximate surface area is 144 Å². The van der Waals surface area contributed by atoms with E-state index in [1.165, 1.54) is 0 Å². The van der Waals surface area contributed by atoms with E-state index in [9.17, 15) is 4.79 Å². The lowest BCUT2D eigenvalue weighted by Crippen LogP contribution is -2.51. The van der Waals surface area contributed by atoms with Crippen molar-refractivity contribution in [3.05, 3.63) is 17.5 Å². The second kappa shape index (κ2) is 9.18. The number of hydrogen-bond acceptors (Lipinski definition) is 4. The van der Waals surface area contributed by atoms with Crippen molar-refractivity contribution in [2.75, 3.05) is 19.8 Å². The van der Waals surface area contributed by atoms with E-state index >= 15 is 0 Å². The monoisotopic (exact) mass is 337 g/mol. The molecular weight excluding hydrogens is 306 g/mol. The number of unbranched alkanes of at least 4 members (excludes halogenated alkanes) is 1. The van der Waals surface area contributed by atoms with Gasteiger partial charge in [-0.2, -0.15) is 5.10 Å². The van der Waals surface area contributed by atoms with Crippen LogP contribution < -0.4 is 0 Å². The van der Waals surface area contributed by atoms with Crippen LogP contribution in [0.5, 0.6) is 0 Å². The van der Waals surface area contributed by atoms with Gasteiger partial charge in [-0.15, -0.1) is 0 Å². The summed E-state index contributed by atoms with van der Waals surface area (Å²) >= 11 is 0. The molecule has 0 aliphatic carbocycles. The van der Waals surface area contributed by atoms with Gasteiger partial charge in [0.05, 0.1) is 37.1 Å². The molecule has 1 N–H and O–H groups in total. The molecule has 1 amide bonds. The van der Waals surface area contributed by atoms with Crippen LogP contribution >= 0.6 is 0 Å². The molecule has 1 fully saturated rings. The maximum absolute atomic E-state index is 13.1. The molecule has 136 valence electrons. The fourth-order valence-electron chi connectivity index (χ4n) is 3.40. The zero-order chi connectivity index (χ0) is 17.5. The fraction of sp³-hybridized carbons (Fsp3) is 0.778. The fourth-order valence-corrected chi connectivity index (χ4v) is 3.40. The Morgan fingerprint density at radius 3 is 2.96 bits per heavy atom. The van der Waals surface area contributed by atoms with Gasteiger partial charge in [-0.25, -0.2) is 0 Å². The van der Waals surface area contributed by atoms with Gasteiger partial charge in [-0.05, 0) is 39.5 Å². The summed E-state index contributed by atoms with van der Waals surface area (Å²) in [6.45, 7) is 7.83. The van der Waals surface area contributed by atoms with Gasteiger partial charge in [0.2, 0.25) is 0 Å². The first-order valence-corrected chi connectivity index (χ1v) is 9.13. The number of piperidine rings is 1. The molecule has 1 aromatic heterocycles. The summed E-state index contributed by atoms with van der Waals surface area (Å²) in [5, 5.41) is 13.4. The lowest BCUT2D eigenvalue weighted by molar-refractivity contribution is 0.00848. The highest BCUT2D eigenvalue weighted by atomic mass is 16.5. The first-order chi connectivity index (χ1) is 11.6. The van der Waals surface area contributed by atoms with Gasteiger partial charge in [-0.3, -0.25) is 9.48 Å². The maximum Gasteiger partial charge on any atom is 0.257 e. The van der Waals surface area contributed by atoms with Crippen LogP contribution in [-0.2, 0) is 11.3 Å². The summed E-state index contributed by atoms with van der Waals surface area (Å²) in [7, 11) is 0. The Bertz CT molecular complexity index is 530. The van der Waals surface area contributed by atoms with Crippen molar-refractivity contribution in [1.82, 2.24) is 14.7 Å². The van der Waals surface area contributed by atoms with Crippen LogP contribution in [0.25, 0.3) is 0 Å². The SMILES string of the molecule is CCCCn1cc(C(=O)N2[C@H](COCCO)CCC[C@@H]2C)c(C)n1. The third kappa shape index (κ3) is 4.57. The van der Waals surface area contributed by atoms with Crippen LogP contribution in [0.2, 0.25) is 0 Å². The molecule has 1 aliphatic heterocycles. The molecule has 0 saturated carbocycles. The summed E-state index contributed by atoms with van der Waals surface area (Å²) in [6.07, 6.45) is 7.13. The number of aliphatic hydroxyl groups is 1. The Kier molecular flexibility index (Phi) is 7.24. The minimum absolute atomic E-state index is 0.0134. The molecule has 6 nitrogen and oxygen atoms in total. The van der Waals surface area contributed by atoms with Crippen molar-refractivity contribution in [1.29, 1.82) is 0 Å². The first kappa shape index (κ1) is 18.9.